The molecule has 0 saturated heterocycles. The van der Waals surface area contributed by atoms with Crippen LogP contribution in [-0.4, -0.2) is 32.4 Å². The summed E-state index contributed by atoms with van der Waals surface area (Å²) >= 11 is 0. The van der Waals surface area contributed by atoms with Crippen molar-refractivity contribution in [2.45, 2.75) is 6.92 Å². The summed E-state index contributed by atoms with van der Waals surface area (Å²) in [5.41, 5.74) is 0. The Morgan fingerprint density at radius 1 is 1.67 bits per heavy atom. The molecule has 0 radical (unpaired) electrons. The van der Waals surface area contributed by atoms with Gasteiger partial charge in [-0.25, -0.2) is 4.79 Å². The predicted molar refractivity (Wildman–Crippen MR) is 39.1 cm³/mol. The minimum atomic E-state index is -1.11. The van der Waals surface area contributed by atoms with Gasteiger partial charge in [0.15, 0.2) is 0 Å². The number of nitrogens with zero attached hydrogens (tertiary/aromatic N) is 3. The van der Waals surface area contributed by atoms with E-state index < -0.39 is 5.97 Å². The predicted octanol–water partition coefficient (Wildman–Crippen LogP) is -0.0880. The highest BCUT2D eigenvalue weighted by molar-refractivity contribution is 5.83. The quantitative estimate of drug-likeness (QED) is 0.687. The number of rotatable bonds is 3. The molecular weight excluding hydrogens is 162 g/mol. The lowest BCUT2D eigenvalue weighted by Crippen LogP contribution is -2.07. The molecule has 0 aliphatic rings. The van der Waals surface area contributed by atoms with E-state index in [2.05, 4.69) is 10.2 Å². The van der Waals surface area contributed by atoms with Gasteiger partial charge in [-0.15, -0.1) is 5.10 Å². The Morgan fingerprint density at radius 2 is 2.33 bits per heavy atom. The van der Waals surface area contributed by atoms with Gasteiger partial charge in [0, 0.05) is 7.05 Å². The largest absolute Gasteiger partial charge is 0.475 e. The molecule has 6 nitrogen and oxygen atoms in total. The van der Waals surface area contributed by atoms with Gasteiger partial charge in [0.25, 0.3) is 0 Å². The lowest BCUT2D eigenvalue weighted by Gasteiger charge is -2.00. The van der Waals surface area contributed by atoms with Crippen LogP contribution in [0.4, 0.5) is 0 Å². The minimum absolute atomic E-state index is 0.126. The molecule has 0 aromatic carbocycles. The topological polar surface area (TPSA) is 77.2 Å². The molecule has 0 fully saturated rings. The van der Waals surface area contributed by atoms with Crippen molar-refractivity contribution in [2.24, 2.45) is 7.05 Å². The maximum atomic E-state index is 10.5. The minimum Gasteiger partial charge on any atom is -0.475 e. The second-order valence-electron chi connectivity index (χ2n) is 2.10. The first kappa shape index (κ1) is 8.51. The third-order valence-corrected chi connectivity index (χ3v) is 1.30. The summed E-state index contributed by atoms with van der Waals surface area (Å²) in [6, 6.07) is 0.218. The van der Waals surface area contributed by atoms with Crippen LogP contribution in [0.2, 0.25) is 0 Å². The highest BCUT2D eigenvalue weighted by atomic mass is 16.5. The van der Waals surface area contributed by atoms with Gasteiger partial charge in [-0.3, -0.25) is 4.57 Å². The first-order valence-electron chi connectivity index (χ1n) is 3.42. The number of carboxylic acid groups (broad SMARTS) is 1. The van der Waals surface area contributed by atoms with Crippen LogP contribution < -0.4 is 4.74 Å². The Bertz CT molecular complexity index is 294. The summed E-state index contributed by atoms with van der Waals surface area (Å²) < 4.78 is 6.28. The summed E-state index contributed by atoms with van der Waals surface area (Å²) in [4.78, 5) is 10.5. The van der Waals surface area contributed by atoms with Crippen molar-refractivity contribution in [2.75, 3.05) is 6.61 Å². The fraction of sp³-hybridized carbons (Fsp3) is 0.500. The fourth-order valence-electron chi connectivity index (χ4n) is 0.756. The highest BCUT2D eigenvalue weighted by Gasteiger charge is 2.14. The van der Waals surface area contributed by atoms with Gasteiger partial charge in [0.1, 0.15) is 0 Å². The standard InChI is InChI=1S/C6H9N3O3/c1-3-12-6-8-7-4(5(10)11)9(6)2/h3H2,1-2H3,(H,10,11). The van der Waals surface area contributed by atoms with E-state index in [1.54, 1.807) is 6.92 Å². The first-order valence-corrected chi connectivity index (χ1v) is 3.42. The van der Waals surface area contributed by atoms with Gasteiger partial charge in [0.05, 0.1) is 6.61 Å². The number of hydrogen-bond acceptors (Lipinski definition) is 4. The van der Waals surface area contributed by atoms with Crippen molar-refractivity contribution in [3.63, 3.8) is 0 Å². The van der Waals surface area contributed by atoms with Crippen molar-refractivity contribution in [1.29, 1.82) is 0 Å². The lowest BCUT2D eigenvalue weighted by atomic mass is 10.6. The number of ether oxygens (including phenoxy) is 1. The van der Waals surface area contributed by atoms with Crippen molar-refractivity contribution < 1.29 is 14.6 Å². The maximum Gasteiger partial charge on any atom is 0.374 e. The SMILES string of the molecule is CCOc1nnc(C(=O)O)n1C. The molecule has 6 heteroatoms. The second kappa shape index (κ2) is 3.21. The molecule has 1 N–H and O–H groups in total. The van der Waals surface area contributed by atoms with Crippen molar-refractivity contribution in [3.8, 4) is 6.01 Å². The first-order chi connectivity index (χ1) is 5.66. The molecule has 0 amide bonds. The van der Waals surface area contributed by atoms with Gasteiger partial charge in [-0.05, 0) is 6.92 Å². The summed E-state index contributed by atoms with van der Waals surface area (Å²) in [5, 5.41) is 15.5. The van der Waals surface area contributed by atoms with Crippen LogP contribution >= 0.6 is 0 Å². The Labute approximate surface area is 68.8 Å². The van der Waals surface area contributed by atoms with Crippen LogP contribution in [0.15, 0.2) is 0 Å². The van der Waals surface area contributed by atoms with Crippen molar-refractivity contribution >= 4 is 5.97 Å². The van der Waals surface area contributed by atoms with E-state index in [1.807, 2.05) is 0 Å². The van der Waals surface area contributed by atoms with Gasteiger partial charge in [-0.2, -0.15) is 0 Å². The molecule has 1 aromatic rings. The van der Waals surface area contributed by atoms with E-state index in [0.29, 0.717) is 6.61 Å². The molecule has 0 spiro atoms. The molecule has 1 heterocycles. The lowest BCUT2D eigenvalue weighted by molar-refractivity contribution is 0.0678. The summed E-state index contributed by atoms with van der Waals surface area (Å²) in [6.45, 7) is 2.22. The third-order valence-electron chi connectivity index (χ3n) is 1.30. The fourth-order valence-corrected chi connectivity index (χ4v) is 0.756. The Hall–Kier alpha value is -1.59. The molecular formula is C6H9N3O3. The van der Waals surface area contributed by atoms with Gasteiger partial charge in [-0.1, -0.05) is 5.10 Å². The zero-order valence-corrected chi connectivity index (χ0v) is 6.81. The molecule has 12 heavy (non-hydrogen) atoms. The monoisotopic (exact) mass is 171 g/mol. The van der Waals surface area contributed by atoms with Gasteiger partial charge < -0.3 is 9.84 Å². The van der Waals surface area contributed by atoms with E-state index in [4.69, 9.17) is 9.84 Å². The second-order valence-corrected chi connectivity index (χ2v) is 2.10. The van der Waals surface area contributed by atoms with E-state index in [-0.39, 0.29) is 11.8 Å². The molecule has 0 bridgehead atoms. The molecule has 0 aliphatic heterocycles. The molecule has 0 unspecified atom stereocenters. The van der Waals surface area contributed by atoms with E-state index in [0.717, 1.165) is 0 Å². The molecule has 66 valence electrons. The van der Waals surface area contributed by atoms with E-state index in [9.17, 15) is 4.79 Å². The summed E-state index contributed by atoms with van der Waals surface area (Å²) in [5.74, 6) is -1.24. The molecule has 0 aliphatic carbocycles. The van der Waals surface area contributed by atoms with Crippen molar-refractivity contribution in [3.05, 3.63) is 5.82 Å². The third kappa shape index (κ3) is 1.36. The summed E-state index contributed by atoms with van der Waals surface area (Å²) in [6.07, 6.45) is 0. The van der Waals surface area contributed by atoms with Gasteiger partial charge >= 0.3 is 12.0 Å². The Kier molecular flexibility index (Phi) is 2.27. The molecule has 1 rings (SSSR count). The highest BCUT2D eigenvalue weighted by Crippen LogP contribution is 2.06. The average molecular weight is 171 g/mol. The van der Waals surface area contributed by atoms with Crippen molar-refractivity contribution in [1.82, 2.24) is 14.8 Å². The number of carbonyl (C=O) groups is 1. The zero-order chi connectivity index (χ0) is 9.14. The number of hydrogen-bond donors (Lipinski definition) is 1. The van der Waals surface area contributed by atoms with Crippen LogP contribution in [0.5, 0.6) is 6.01 Å². The smallest absolute Gasteiger partial charge is 0.374 e. The van der Waals surface area contributed by atoms with Gasteiger partial charge in [0.2, 0.25) is 5.82 Å². The van der Waals surface area contributed by atoms with Crippen LogP contribution in [0.25, 0.3) is 0 Å². The molecule has 1 aromatic heterocycles. The molecule has 0 atom stereocenters. The Morgan fingerprint density at radius 3 is 2.75 bits per heavy atom. The van der Waals surface area contributed by atoms with Crippen LogP contribution in [0.3, 0.4) is 0 Å². The van der Waals surface area contributed by atoms with E-state index in [1.165, 1.54) is 11.6 Å². The van der Waals surface area contributed by atoms with Crippen LogP contribution in [-0.2, 0) is 7.05 Å². The van der Waals surface area contributed by atoms with E-state index >= 15 is 0 Å². The number of aromatic carboxylic acids is 1. The Balaban J connectivity index is 2.96. The maximum absolute atomic E-state index is 10.5. The number of carboxylic acids is 1. The summed E-state index contributed by atoms with van der Waals surface area (Å²) in [7, 11) is 1.54. The average Bonchev–Trinajstić information content (AvgIpc) is 2.34. The van der Waals surface area contributed by atoms with Crippen LogP contribution in [0.1, 0.15) is 17.5 Å². The zero-order valence-electron chi connectivity index (χ0n) is 6.81. The van der Waals surface area contributed by atoms with Crippen LogP contribution in [0, 0.1) is 0 Å². The molecule has 0 saturated carbocycles. The number of aromatic nitrogens is 3. The normalized spacial score (nSPS) is 9.83.